The molecule has 3 aromatic heterocycles. The van der Waals surface area contributed by atoms with Gasteiger partial charge >= 0.3 is 0 Å². The minimum absolute atomic E-state index is 0.388. The molecule has 11 heteroatoms. The van der Waals surface area contributed by atoms with Gasteiger partial charge in [0.2, 0.25) is 0 Å². The molecule has 1 spiro atoms. The molecule has 0 unspecified atom stereocenters. The Morgan fingerprint density at radius 2 is 1.78 bits per heavy atom. The molecule has 0 aliphatic carbocycles. The number of likely N-dealkylation sites (tertiary alicyclic amines) is 1. The summed E-state index contributed by atoms with van der Waals surface area (Å²) in [6.45, 7) is 4.59. The number of aliphatic hydroxyl groups excluding tert-OH is 1. The summed E-state index contributed by atoms with van der Waals surface area (Å²) in [5, 5.41) is 30.6. The van der Waals surface area contributed by atoms with Crippen molar-refractivity contribution in [2.45, 2.75) is 31.8 Å². The lowest BCUT2D eigenvalue weighted by Gasteiger charge is -2.47. The molecule has 1 atom stereocenters. The van der Waals surface area contributed by atoms with E-state index in [9.17, 15) is 5.11 Å². The second-order valence-corrected chi connectivity index (χ2v) is 9.18. The number of pyridine rings is 1. The summed E-state index contributed by atoms with van der Waals surface area (Å²) in [7, 11) is 0. The molecular weight excluding hydrogens is 430 g/mol. The van der Waals surface area contributed by atoms with Crippen LogP contribution < -0.4 is 4.90 Å². The quantitative estimate of drug-likeness (QED) is 0.616. The van der Waals surface area contributed by atoms with Crippen LogP contribution in [-0.2, 0) is 0 Å². The van der Waals surface area contributed by atoms with Crippen molar-refractivity contribution in [1.29, 1.82) is 0 Å². The predicted molar refractivity (Wildman–Crippen MR) is 119 cm³/mol. The van der Waals surface area contributed by atoms with Crippen LogP contribution in [0, 0.1) is 5.41 Å². The summed E-state index contributed by atoms with van der Waals surface area (Å²) in [6.07, 6.45) is 8.81. The Kier molecular flexibility index (Phi) is 5.99. The van der Waals surface area contributed by atoms with E-state index in [4.69, 9.17) is 11.6 Å². The largest absolute Gasteiger partial charge is 0.387 e. The maximum Gasteiger partial charge on any atom is 0.156 e. The van der Waals surface area contributed by atoms with Crippen LogP contribution in [0.3, 0.4) is 0 Å². The SMILES string of the molecule is O[C@@H](CN1CCC2(CC1)CCN(c1cc(Cl)cnn1)CC2)c1ccc(-n2cnnn2)nc1. The highest BCUT2D eigenvalue weighted by Gasteiger charge is 2.38. The average molecular weight is 456 g/mol. The van der Waals surface area contributed by atoms with E-state index in [0.29, 0.717) is 22.8 Å². The van der Waals surface area contributed by atoms with Gasteiger partial charge in [-0.2, -0.15) is 9.78 Å². The number of halogens is 1. The molecule has 2 fully saturated rings. The lowest BCUT2D eigenvalue weighted by molar-refractivity contribution is 0.0448. The third-order valence-electron chi connectivity index (χ3n) is 6.84. The third-order valence-corrected chi connectivity index (χ3v) is 7.05. The molecule has 2 aliphatic rings. The number of aromatic nitrogens is 7. The smallest absolute Gasteiger partial charge is 0.156 e. The fourth-order valence-electron chi connectivity index (χ4n) is 4.75. The number of tetrazole rings is 1. The molecule has 2 saturated heterocycles. The summed E-state index contributed by atoms with van der Waals surface area (Å²) in [5.74, 6) is 1.49. The molecule has 5 heterocycles. The Hall–Kier alpha value is -2.69. The molecule has 32 heavy (non-hydrogen) atoms. The number of anilines is 1. The number of piperidine rings is 2. The minimum atomic E-state index is -0.567. The summed E-state index contributed by atoms with van der Waals surface area (Å²) < 4.78 is 1.49. The van der Waals surface area contributed by atoms with E-state index in [1.54, 1.807) is 12.4 Å². The molecule has 1 N–H and O–H groups in total. The second-order valence-electron chi connectivity index (χ2n) is 8.74. The van der Waals surface area contributed by atoms with Gasteiger partial charge in [0.1, 0.15) is 6.33 Å². The highest BCUT2D eigenvalue weighted by Crippen LogP contribution is 2.42. The number of nitrogens with zero attached hydrogens (tertiary/aromatic N) is 9. The first-order chi connectivity index (χ1) is 15.6. The van der Waals surface area contributed by atoms with Crippen LogP contribution in [0.15, 0.2) is 36.9 Å². The summed E-state index contributed by atoms with van der Waals surface area (Å²) in [4.78, 5) is 9.01. The minimum Gasteiger partial charge on any atom is -0.387 e. The van der Waals surface area contributed by atoms with Crippen molar-refractivity contribution in [1.82, 2.24) is 40.3 Å². The van der Waals surface area contributed by atoms with Crippen molar-refractivity contribution in [3.8, 4) is 5.82 Å². The zero-order valence-corrected chi connectivity index (χ0v) is 18.5. The Morgan fingerprint density at radius 3 is 2.44 bits per heavy atom. The normalized spacial score (nSPS) is 19.9. The van der Waals surface area contributed by atoms with E-state index in [1.165, 1.54) is 11.0 Å². The highest BCUT2D eigenvalue weighted by molar-refractivity contribution is 6.30. The molecule has 0 radical (unpaired) electrons. The molecule has 168 valence electrons. The fraction of sp³-hybridized carbons (Fsp3) is 0.524. The van der Waals surface area contributed by atoms with Crippen molar-refractivity contribution in [3.05, 3.63) is 47.5 Å². The zero-order chi connectivity index (χ0) is 22.0. The number of hydrogen-bond acceptors (Lipinski definition) is 9. The first kappa shape index (κ1) is 21.2. The van der Waals surface area contributed by atoms with Gasteiger partial charge in [0, 0.05) is 37.5 Å². The van der Waals surface area contributed by atoms with Gasteiger partial charge in [-0.05, 0) is 60.7 Å². The maximum absolute atomic E-state index is 10.7. The van der Waals surface area contributed by atoms with Crippen LogP contribution in [0.4, 0.5) is 5.82 Å². The molecule has 5 rings (SSSR count). The highest BCUT2D eigenvalue weighted by atomic mass is 35.5. The van der Waals surface area contributed by atoms with E-state index in [2.05, 4.69) is 40.5 Å². The van der Waals surface area contributed by atoms with E-state index >= 15 is 0 Å². The first-order valence-corrected chi connectivity index (χ1v) is 11.3. The van der Waals surface area contributed by atoms with Gasteiger partial charge in [0.15, 0.2) is 11.6 Å². The van der Waals surface area contributed by atoms with Crippen molar-refractivity contribution < 1.29 is 5.11 Å². The lowest BCUT2D eigenvalue weighted by atomic mass is 9.71. The van der Waals surface area contributed by atoms with Crippen LogP contribution in [0.25, 0.3) is 5.82 Å². The van der Waals surface area contributed by atoms with E-state index < -0.39 is 6.10 Å². The molecule has 0 saturated carbocycles. The van der Waals surface area contributed by atoms with Crippen molar-refractivity contribution in [3.63, 3.8) is 0 Å². The fourth-order valence-corrected chi connectivity index (χ4v) is 4.89. The molecule has 3 aromatic rings. The van der Waals surface area contributed by atoms with Gasteiger partial charge in [-0.1, -0.05) is 17.7 Å². The van der Waals surface area contributed by atoms with Crippen LogP contribution >= 0.6 is 11.6 Å². The summed E-state index contributed by atoms with van der Waals surface area (Å²) in [5.41, 5.74) is 1.19. The Balaban J connectivity index is 1.12. The van der Waals surface area contributed by atoms with Gasteiger partial charge < -0.3 is 14.9 Å². The monoisotopic (exact) mass is 455 g/mol. The molecule has 0 bridgehead atoms. The van der Waals surface area contributed by atoms with Gasteiger partial charge in [0.25, 0.3) is 0 Å². The molecular formula is C21H26ClN9O. The van der Waals surface area contributed by atoms with Crippen molar-refractivity contribution in [2.75, 3.05) is 37.6 Å². The van der Waals surface area contributed by atoms with Crippen LogP contribution in [0.1, 0.15) is 37.4 Å². The van der Waals surface area contributed by atoms with Crippen molar-refractivity contribution >= 4 is 17.4 Å². The van der Waals surface area contributed by atoms with E-state index in [1.807, 2.05) is 18.2 Å². The maximum atomic E-state index is 10.7. The topological polar surface area (TPSA) is 109 Å². The zero-order valence-electron chi connectivity index (χ0n) is 17.8. The van der Waals surface area contributed by atoms with E-state index in [-0.39, 0.29) is 0 Å². The van der Waals surface area contributed by atoms with Gasteiger partial charge in [0.05, 0.1) is 17.3 Å². The number of aliphatic hydroxyl groups is 1. The Bertz CT molecular complexity index is 1010. The number of rotatable bonds is 5. The number of hydrogen-bond donors (Lipinski definition) is 1. The molecule has 0 amide bonds. The van der Waals surface area contributed by atoms with Crippen LogP contribution in [0.5, 0.6) is 0 Å². The average Bonchev–Trinajstić information content (AvgIpc) is 3.36. The molecule has 10 nitrogen and oxygen atoms in total. The van der Waals surface area contributed by atoms with Crippen LogP contribution in [-0.4, -0.2) is 78.1 Å². The summed E-state index contributed by atoms with van der Waals surface area (Å²) in [6, 6.07) is 5.59. The molecule has 2 aliphatic heterocycles. The van der Waals surface area contributed by atoms with Gasteiger partial charge in [-0.25, -0.2) is 4.98 Å². The third kappa shape index (κ3) is 4.57. The Morgan fingerprint density at radius 1 is 1.00 bits per heavy atom. The Labute approximate surface area is 191 Å². The first-order valence-electron chi connectivity index (χ1n) is 10.9. The molecule has 0 aromatic carbocycles. The second kappa shape index (κ2) is 9.05. The van der Waals surface area contributed by atoms with Crippen molar-refractivity contribution in [2.24, 2.45) is 5.41 Å². The standard InChI is InChI=1S/C21H26ClN9O/c22-17-11-20(26-24-13-17)30-9-5-21(6-10-30)3-7-29(8-4-21)14-18(32)16-1-2-19(23-12-16)31-15-25-27-28-31/h1-2,11-13,15,18,32H,3-10,14H2/t18-/m0/s1. The van der Waals surface area contributed by atoms with E-state index in [0.717, 1.165) is 63.2 Å². The van der Waals surface area contributed by atoms with Gasteiger partial charge in [-0.15, -0.1) is 10.2 Å². The van der Waals surface area contributed by atoms with Crippen LogP contribution in [0.2, 0.25) is 5.02 Å². The predicted octanol–water partition coefficient (Wildman–Crippen LogP) is 1.92. The summed E-state index contributed by atoms with van der Waals surface area (Å²) >= 11 is 6.07. The van der Waals surface area contributed by atoms with Gasteiger partial charge in [-0.3, -0.25) is 0 Å². The number of β-amino-alcohol motifs (C(OH)–C–C–N with tert-alkyl or cyclic N) is 1. The lowest BCUT2D eigenvalue weighted by Crippen LogP contribution is -2.47.